The monoisotopic (exact) mass is 309 g/mol. The molecule has 1 unspecified atom stereocenters. The Balaban J connectivity index is 2.09. The number of carbonyl (C=O) groups is 1. The molecular weight excluding hydrogens is 286 g/mol. The number of nitrogens with two attached hydrogens (primary N) is 1. The van der Waals surface area contributed by atoms with Crippen molar-refractivity contribution in [1.82, 2.24) is 5.32 Å². The summed E-state index contributed by atoms with van der Waals surface area (Å²) in [4.78, 5) is 13.7. The number of carbonyl (C=O) groups excluding carboxylic acids is 1. The van der Waals surface area contributed by atoms with Gasteiger partial charge in [-0.15, -0.1) is 0 Å². The van der Waals surface area contributed by atoms with Gasteiger partial charge in [-0.2, -0.15) is 0 Å². The topological polar surface area (TPSA) is 58.4 Å². The third-order valence-electron chi connectivity index (χ3n) is 4.17. The molecule has 4 nitrogen and oxygen atoms in total. The summed E-state index contributed by atoms with van der Waals surface area (Å²) < 4.78 is 0. The number of nitrogens with one attached hydrogen (secondary N) is 1. The lowest BCUT2D eigenvalue weighted by Crippen LogP contribution is -2.37. The summed E-state index contributed by atoms with van der Waals surface area (Å²) in [5.41, 5.74) is 7.20. The minimum Gasteiger partial charge on any atom is -0.370 e. The molecule has 1 aromatic rings. The van der Waals surface area contributed by atoms with Crippen molar-refractivity contribution in [2.75, 3.05) is 18.0 Å². The van der Waals surface area contributed by atoms with E-state index in [2.05, 4.69) is 30.1 Å². The average Bonchev–Trinajstić information content (AvgIpc) is 2.81. The molecule has 2 rings (SSSR count). The van der Waals surface area contributed by atoms with Crippen LogP contribution in [0.1, 0.15) is 32.8 Å². The van der Waals surface area contributed by atoms with Crippen molar-refractivity contribution in [2.45, 2.75) is 39.8 Å². The Hall–Kier alpha value is -1.26. The van der Waals surface area contributed by atoms with E-state index in [0.29, 0.717) is 12.6 Å². The smallest absolute Gasteiger partial charge is 0.225 e. The van der Waals surface area contributed by atoms with E-state index in [1.165, 1.54) is 0 Å². The number of nitrogens with zero attached hydrogens (tertiary/aromatic N) is 1. The van der Waals surface area contributed by atoms with Crippen LogP contribution in [0, 0.1) is 5.41 Å². The average molecular weight is 310 g/mol. The molecule has 1 aliphatic heterocycles. The molecule has 5 heteroatoms. The van der Waals surface area contributed by atoms with E-state index in [4.69, 9.17) is 17.3 Å². The van der Waals surface area contributed by atoms with E-state index in [1.54, 1.807) is 0 Å². The van der Waals surface area contributed by atoms with Crippen molar-refractivity contribution < 1.29 is 4.79 Å². The zero-order valence-electron chi connectivity index (χ0n) is 12.9. The predicted octanol–water partition coefficient (Wildman–Crippen LogP) is 2.54. The van der Waals surface area contributed by atoms with Crippen LogP contribution in [0.5, 0.6) is 0 Å². The van der Waals surface area contributed by atoms with E-state index >= 15 is 0 Å². The van der Waals surface area contributed by atoms with Crippen molar-refractivity contribution >= 4 is 23.2 Å². The minimum atomic E-state index is -0.440. The second-order valence-electron chi connectivity index (χ2n) is 6.41. The standard InChI is InChI=1S/C16H24ClN3O/c1-11(2)19-9-12-4-5-13(8-14(12)17)20-7-6-16(3,10-20)15(18)21/h4-5,8,11,19H,6-7,9-10H2,1-3H3,(H2,18,21). The first kappa shape index (κ1) is 16.1. The van der Waals surface area contributed by atoms with Crippen molar-refractivity contribution in [3.63, 3.8) is 0 Å². The van der Waals surface area contributed by atoms with Gasteiger partial charge in [0, 0.05) is 36.4 Å². The van der Waals surface area contributed by atoms with Crippen LogP contribution in [0.3, 0.4) is 0 Å². The van der Waals surface area contributed by atoms with Crippen molar-refractivity contribution in [3.05, 3.63) is 28.8 Å². The molecule has 1 atom stereocenters. The van der Waals surface area contributed by atoms with Gasteiger partial charge in [0.05, 0.1) is 5.41 Å². The summed E-state index contributed by atoms with van der Waals surface area (Å²) >= 11 is 6.37. The van der Waals surface area contributed by atoms with Crippen molar-refractivity contribution in [1.29, 1.82) is 0 Å². The van der Waals surface area contributed by atoms with Gasteiger partial charge in [0.2, 0.25) is 5.91 Å². The molecule has 21 heavy (non-hydrogen) atoms. The number of rotatable bonds is 5. The van der Waals surface area contributed by atoms with Gasteiger partial charge < -0.3 is 16.0 Å². The molecule has 1 aliphatic rings. The molecule has 1 aromatic carbocycles. The molecule has 0 spiro atoms. The highest BCUT2D eigenvalue weighted by Crippen LogP contribution is 2.34. The second-order valence-corrected chi connectivity index (χ2v) is 6.81. The molecule has 0 saturated carbocycles. The van der Waals surface area contributed by atoms with Crippen LogP contribution in [-0.2, 0) is 11.3 Å². The molecule has 0 aliphatic carbocycles. The van der Waals surface area contributed by atoms with Gasteiger partial charge >= 0.3 is 0 Å². The number of amides is 1. The molecule has 0 radical (unpaired) electrons. The highest BCUT2D eigenvalue weighted by atomic mass is 35.5. The molecule has 0 bridgehead atoms. The van der Waals surface area contributed by atoms with Gasteiger partial charge in [0.1, 0.15) is 0 Å². The van der Waals surface area contributed by atoms with Crippen LogP contribution in [0.4, 0.5) is 5.69 Å². The molecular formula is C16H24ClN3O. The van der Waals surface area contributed by atoms with Gasteiger partial charge in [-0.3, -0.25) is 4.79 Å². The first-order valence-corrected chi connectivity index (χ1v) is 7.76. The van der Waals surface area contributed by atoms with Crippen LogP contribution >= 0.6 is 11.6 Å². The van der Waals surface area contributed by atoms with E-state index in [1.807, 2.05) is 19.1 Å². The fourth-order valence-corrected chi connectivity index (χ4v) is 2.81. The number of anilines is 1. The van der Waals surface area contributed by atoms with Crippen LogP contribution in [-0.4, -0.2) is 25.0 Å². The molecule has 0 aromatic heterocycles. The fourth-order valence-electron chi connectivity index (χ4n) is 2.57. The molecule has 3 N–H and O–H groups in total. The first-order valence-electron chi connectivity index (χ1n) is 7.38. The highest BCUT2D eigenvalue weighted by molar-refractivity contribution is 6.31. The zero-order valence-corrected chi connectivity index (χ0v) is 13.7. The lowest BCUT2D eigenvalue weighted by molar-refractivity contribution is -0.125. The van der Waals surface area contributed by atoms with Crippen LogP contribution in [0.15, 0.2) is 18.2 Å². The van der Waals surface area contributed by atoms with E-state index in [0.717, 1.165) is 35.8 Å². The number of hydrogen-bond acceptors (Lipinski definition) is 3. The zero-order chi connectivity index (χ0) is 15.6. The van der Waals surface area contributed by atoms with E-state index in [-0.39, 0.29) is 5.91 Å². The quantitative estimate of drug-likeness (QED) is 0.879. The summed E-state index contributed by atoms with van der Waals surface area (Å²) in [5, 5.41) is 4.12. The lowest BCUT2D eigenvalue weighted by atomic mass is 9.89. The maximum atomic E-state index is 11.5. The third kappa shape index (κ3) is 3.69. The van der Waals surface area contributed by atoms with E-state index in [9.17, 15) is 4.79 Å². The van der Waals surface area contributed by atoms with Crippen LogP contribution in [0.2, 0.25) is 5.02 Å². The van der Waals surface area contributed by atoms with Gasteiger partial charge in [-0.25, -0.2) is 0 Å². The number of benzene rings is 1. The summed E-state index contributed by atoms with van der Waals surface area (Å²) in [6, 6.07) is 6.52. The lowest BCUT2D eigenvalue weighted by Gasteiger charge is -2.23. The molecule has 1 saturated heterocycles. The molecule has 116 valence electrons. The first-order chi connectivity index (χ1) is 9.82. The predicted molar refractivity (Wildman–Crippen MR) is 87.6 cm³/mol. The van der Waals surface area contributed by atoms with Crippen molar-refractivity contribution in [2.24, 2.45) is 11.1 Å². The molecule has 1 fully saturated rings. The Morgan fingerprint density at radius 3 is 2.76 bits per heavy atom. The summed E-state index contributed by atoms with van der Waals surface area (Å²) in [7, 11) is 0. The maximum Gasteiger partial charge on any atom is 0.225 e. The van der Waals surface area contributed by atoms with E-state index < -0.39 is 5.41 Å². The Morgan fingerprint density at radius 1 is 1.52 bits per heavy atom. The molecule has 1 amide bonds. The summed E-state index contributed by atoms with van der Waals surface area (Å²) in [6.07, 6.45) is 0.788. The number of primary amides is 1. The summed E-state index contributed by atoms with van der Waals surface area (Å²) in [6.45, 7) is 8.39. The third-order valence-corrected chi connectivity index (χ3v) is 4.52. The summed E-state index contributed by atoms with van der Waals surface area (Å²) in [5.74, 6) is -0.228. The number of halogens is 1. The van der Waals surface area contributed by atoms with Gasteiger partial charge in [0.15, 0.2) is 0 Å². The highest BCUT2D eigenvalue weighted by Gasteiger charge is 2.38. The largest absolute Gasteiger partial charge is 0.370 e. The van der Waals surface area contributed by atoms with Gasteiger partial charge in [-0.05, 0) is 31.0 Å². The van der Waals surface area contributed by atoms with Crippen molar-refractivity contribution in [3.8, 4) is 0 Å². The second kappa shape index (κ2) is 6.24. The number of hydrogen-bond donors (Lipinski definition) is 2. The van der Waals surface area contributed by atoms with Gasteiger partial charge in [-0.1, -0.05) is 31.5 Å². The Kier molecular flexibility index (Phi) is 4.79. The Bertz CT molecular complexity index is 532. The molecule has 1 heterocycles. The SMILES string of the molecule is CC(C)NCc1ccc(N2CCC(C)(C(N)=O)C2)cc1Cl. The fraction of sp³-hybridized carbons (Fsp3) is 0.562. The van der Waals surface area contributed by atoms with Gasteiger partial charge in [0.25, 0.3) is 0 Å². The Labute approximate surface area is 131 Å². The normalized spacial score (nSPS) is 22.0. The maximum absolute atomic E-state index is 11.5. The van der Waals surface area contributed by atoms with Crippen LogP contribution < -0.4 is 16.0 Å². The Morgan fingerprint density at radius 2 is 2.24 bits per heavy atom. The minimum absolute atomic E-state index is 0.228. The van der Waals surface area contributed by atoms with Crippen LogP contribution in [0.25, 0.3) is 0 Å².